The Morgan fingerprint density at radius 1 is 1.56 bits per heavy atom. The summed E-state index contributed by atoms with van der Waals surface area (Å²) in [7, 11) is 0. The summed E-state index contributed by atoms with van der Waals surface area (Å²) in [6.07, 6.45) is 1.35. The van der Waals surface area contributed by atoms with Crippen molar-refractivity contribution in [3.05, 3.63) is 0 Å². The molecule has 4 heteroatoms. The summed E-state index contributed by atoms with van der Waals surface area (Å²) in [6, 6.07) is 0. The number of hydrogen-bond donors (Lipinski definition) is 1. The first-order valence-electron chi connectivity index (χ1n) is 3.08. The molecule has 0 aliphatic carbocycles. The van der Waals surface area contributed by atoms with Crippen molar-refractivity contribution in [3.63, 3.8) is 0 Å². The van der Waals surface area contributed by atoms with Gasteiger partial charge in [0.05, 0.1) is 0 Å². The second-order valence-electron chi connectivity index (χ2n) is 1.79. The van der Waals surface area contributed by atoms with Gasteiger partial charge in [0.25, 0.3) is 6.57 Å². The summed E-state index contributed by atoms with van der Waals surface area (Å²) in [5.41, 5.74) is 0. The minimum Gasteiger partial charge on any atom is -0.337 e. The zero-order chi connectivity index (χ0) is 7.33. The molecule has 0 heterocycles. The number of hydrogen-bond acceptors (Lipinski definition) is 2. The van der Waals surface area contributed by atoms with E-state index in [9.17, 15) is 4.57 Å². The highest BCUT2D eigenvalue weighted by Crippen LogP contribution is 2.54. The van der Waals surface area contributed by atoms with Crippen LogP contribution in [0.2, 0.25) is 0 Å². The Morgan fingerprint density at radius 2 is 2.11 bits per heavy atom. The summed E-state index contributed by atoms with van der Waals surface area (Å²) in [5.74, 6) is 0.793. The lowest BCUT2D eigenvalue weighted by atomic mass is 10.6. The molecule has 0 fully saturated rings. The maximum Gasteiger partial charge on any atom is 0.254 e. The molecular formula is C5H13O2PS. The Kier molecular flexibility index (Phi) is 4.63. The summed E-state index contributed by atoms with van der Waals surface area (Å²) < 4.78 is 10.9. The molecule has 0 radical (unpaired) electrons. The van der Waals surface area contributed by atoms with E-state index in [1.807, 2.05) is 6.92 Å². The van der Waals surface area contributed by atoms with E-state index < -0.39 is 6.57 Å². The molecule has 1 atom stereocenters. The first-order valence-corrected chi connectivity index (χ1v) is 6.52. The van der Waals surface area contributed by atoms with E-state index in [0.717, 1.165) is 12.2 Å². The topological polar surface area (TPSA) is 37.3 Å². The van der Waals surface area contributed by atoms with Crippen LogP contribution < -0.4 is 0 Å². The van der Waals surface area contributed by atoms with E-state index >= 15 is 0 Å². The van der Waals surface area contributed by atoms with Crippen molar-refractivity contribution in [2.75, 3.05) is 11.9 Å². The summed E-state index contributed by atoms with van der Waals surface area (Å²) in [5, 5.41) is 0. The van der Waals surface area contributed by atoms with Gasteiger partial charge in [-0.3, -0.25) is 4.57 Å². The molecule has 2 nitrogen and oxygen atoms in total. The maximum absolute atomic E-state index is 10.9. The SMILES string of the molecule is CCCSP(=O)(O)CC. The molecule has 0 aliphatic rings. The van der Waals surface area contributed by atoms with Gasteiger partial charge in [-0.05, 0) is 6.42 Å². The molecule has 0 aromatic rings. The Morgan fingerprint density at radius 3 is 2.44 bits per heavy atom. The molecule has 1 unspecified atom stereocenters. The lowest BCUT2D eigenvalue weighted by molar-refractivity contribution is 0.498. The molecule has 0 aliphatic heterocycles. The van der Waals surface area contributed by atoms with Crippen LogP contribution in [0.5, 0.6) is 0 Å². The third-order valence-electron chi connectivity index (χ3n) is 0.897. The van der Waals surface area contributed by atoms with Crippen LogP contribution in [0.1, 0.15) is 20.3 Å². The average molecular weight is 168 g/mol. The summed E-state index contributed by atoms with van der Waals surface area (Å²) in [4.78, 5) is 8.97. The molecular weight excluding hydrogens is 155 g/mol. The fourth-order valence-electron chi connectivity index (χ4n) is 0.325. The minimum atomic E-state index is -2.77. The molecule has 1 N–H and O–H groups in total. The van der Waals surface area contributed by atoms with Crippen LogP contribution in [-0.2, 0) is 4.57 Å². The molecule has 0 saturated carbocycles. The van der Waals surface area contributed by atoms with Crippen molar-refractivity contribution < 1.29 is 9.46 Å². The first-order chi connectivity index (χ1) is 4.12. The zero-order valence-electron chi connectivity index (χ0n) is 5.83. The summed E-state index contributed by atoms with van der Waals surface area (Å²) >= 11 is 1.19. The van der Waals surface area contributed by atoms with Crippen LogP contribution in [0.15, 0.2) is 0 Å². The fraction of sp³-hybridized carbons (Fsp3) is 1.00. The zero-order valence-corrected chi connectivity index (χ0v) is 7.54. The Bertz CT molecular complexity index is 116. The van der Waals surface area contributed by atoms with Gasteiger partial charge in [0.2, 0.25) is 0 Å². The molecule has 0 rings (SSSR count). The van der Waals surface area contributed by atoms with Crippen LogP contribution in [-0.4, -0.2) is 16.8 Å². The van der Waals surface area contributed by atoms with E-state index in [0.29, 0.717) is 6.16 Å². The Balaban J connectivity index is 3.46. The lowest BCUT2D eigenvalue weighted by Gasteiger charge is -2.05. The number of rotatable bonds is 4. The standard InChI is InChI=1S/C5H13O2PS/c1-3-5-9-8(6,7)4-2/h3-5H2,1-2H3,(H,6,7). The van der Waals surface area contributed by atoms with Crippen molar-refractivity contribution in [2.24, 2.45) is 0 Å². The molecule has 0 bridgehead atoms. The highest BCUT2D eigenvalue weighted by Gasteiger charge is 2.13. The second kappa shape index (κ2) is 4.37. The molecule has 0 aromatic carbocycles. The Hall–Kier alpha value is 0.540. The predicted octanol–water partition coefficient (Wildman–Crippen LogP) is 2.33. The van der Waals surface area contributed by atoms with Gasteiger partial charge in [-0.1, -0.05) is 25.2 Å². The van der Waals surface area contributed by atoms with Crippen LogP contribution in [0, 0.1) is 0 Å². The molecule has 0 aromatic heterocycles. The maximum atomic E-state index is 10.9. The van der Waals surface area contributed by atoms with E-state index in [1.54, 1.807) is 6.92 Å². The Labute approximate surface area is 60.2 Å². The van der Waals surface area contributed by atoms with Gasteiger partial charge in [-0.2, -0.15) is 0 Å². The van der Waals surface area contributed by atoms with Crippen LogP contribution in [0.4, 0.5) is 0 Å². The van der Waals surface area contributed by atoms with E-state index in [1.165, 1.54) is 11.4 Å². The monoisotopic (exact) mass is 168 g/mol. The third kappa shape index (κ3) is 5.01. The van der Waals surface area contributed by atoms with Crippen molar-refractivity contribution in [1.82, 2.24) is 0 Å². The molecule has 9 heavy (non-hydrogen) atoms. The molecule has 56 valence electrons. The smallest absolute Gasteiger partial charge is 0.254 e. The highest BCUT2D eigenvalue weighted by molar-refractivity contribution is 8.56. The van der Waals surface area contributed by atoms with Gasteiger partial charge in [-0.15, -0.1) is 0 Å². The molecule has 0 saturated heterocycles. The van der Waals surface area contributed by atoms with Gasteiger partial charge >= 0.3 is 0 Å². The average Bonchev–Trinajstić information content (AvgIpc) is 1.84. The first kappa shape index (κ1) is 9.54. The highest BCUT2D eigenvalue weighted by atomic mass is 32.7. The van der Waals surface area contributed by atoms with Crippen molar-refractivity contribution >= 4 is 18.0 Å². The molecule has 0 amide bonds. The van der Waals surface area contributed by atoms with Gasteiger partial charge in [0.15, 0.2) is 0 Å². The van der Waals surface area contributed by atoms with Crippen LogP contribution >= 0.6 is 18.0 Å². The minimum absolute atomic E-state index is 0.387. The fourth-order valence-corrected chi connectivity index (χ4v) is 2.93. The van der Waals surface area contributed by atoms with Crippen molar-refractivity contribution in [1.29, 1.82) is 0 Å². The summed E-state index contributed by atoms with van der Waals surface area (Å²) in [6.45, 7) is 0.969. The van der Waals surface area contributed by atoms with Crippen LogP contribution in [0.25, 0.3) is 0 Å². The van der Waals surface area contributed by atoms with Crippen LogP contribution in [0.3, 0.4) is 0 Å². The quantitative estimate of drug-likeness (QED) is 0.654. The largest absolute Gasteiger partial charge is 0.337 e. The van der Waals surface area contributed by atoms with E-state index in [2.05, 4.69) is 0 Å². The van der Waals surface area contributed by atoms with Gasteiger partial charge in [0.1, 0.15) is 0 Å². The van der Waals surface area contributed by atoms with Crippen molar-refractivity contribution in [3.8, 4) is 0 Å². The van der Waals surface area contributed by atoms with Gasteiger partial charge in [0, 0.05) is 11.9 Å². The van der Waals surface area contributed by atoms with E-state index in [-0.39, 0.29) is 0 Å². The predicted molar refractivity (Wildman–Crippen MR) is 43.1 cm³/mol. The van der Waals surface area contributed by atoms with Crippen molar-refractivity contribution in [2.45, 2.75) is 20.3 Å². The second-order valence-corrected chi connectivity index (χ2v) is 6.85. The normalized spacial score (nSPS) is 17.2. The molecule has 0 spiro atoms. The lowest BCUT2D eigenvalue weighted by Crippen LogP contribution is -1.79. The van der Waals surface area contributed by atoms with E-state index in [4.69, 9.17) is 4.89 Å². The van der Waals surface area contributed by atoms with Gasteiger partial charge in [-0.25, -0.2) is 0 Å². The van der Waals surface area contributed by atoms with Gasteiger partial charge < -0.3 is 4.89 Å². The third-order valence-corrected chi connectivity index (χ3v) is 5.22.